The molecule has 0 spiro atoms. The first kappa shape index (κ1) is 12.7. The average molecular weight is 235 g/mol. The Bertz CT molecular complexity index is 550. The second-order valence-electron chi connectivity index (χ2n) is 2.98. The van der Waals surface area contributed by atoms with Crippen LogP contribution < -0.4 is 0 Å². The molecule has 0 amide bonds. The maximum absolute atomic E-state index is 13.3. The molecule has 0 saturated heterocycles. The topological polar surface area (TPSA) is 50.1 Å². The summed E-state index contributed by atoms with van der Waals surface area (Å²) in [5, 5.41) is 8.46. The van der Waals surface area contributed by atoms with E-state index in [-0.39, 0.29) is 17.5 Å². The Hall–Kier alpha value is -2.40. The minimum atomic E-state index is -0.851. The quantitative estimate of drug-likeness (QED) is 0.550. The van der Waals surface area contributed by atoms with E-state index in [0.717, 1.165) is 12.1 Å². The zero-order valence-electron chi connectivity index (χ0n) is 8.88. The van der Waals surface area contributed by atoms with Gasteiger partial charge in [-0.15, -0.1) is 0 Å². The van der Waals surface area contributed by atoms with Crippen LogP contribution in [-0.4, -0.2) is 13.1 Å². The van der Waals surface area contributed by atoms with Crippen molar-refractivity contribution in [2.45, 2.75) is 6.42 Å². The van der Waals surface area contributed by atoms with E-state index in [2.05, 4.69) is 16.6 Å². The van der Waals surface area contributed by atoms with Crippen LogP contribution in [0.1, 0.15) is 17.5 Å². The largest absolute Gasteiger partial charge is 0.468 e. The van der Waals surface area contributed by atoms with Crippen LogP contribution >= 0.6 is 0 Å². The summed E-state index contributed by atoms with van der Waals surface area (Å²) < 4.78 is 30.7. The fraction of sp³-hybridized carbons (Fsp3) is 0.167. The Kier molecular flexibility index (Phi) is 4.19. The number of benzene rings is 1. The Morgan fingerprint density at radius 1 is 1.35 bits per heavy atom. The van der Waals surface area contributed by atoms with E-state index < -0.39 is 17.6 Å². The van der Waals surface area contributed by atoms with Gasteiger partial charge in [0.15, 0.2) is 0 Å². The predicted octanol–water partition coefficient (Wildman–Crippen LogP) is 1.75. The number of esters is 1. The molecular formula is C12H7F2NO2. The van der Waals surface area contributed by atoms with E-state index in [1.807, 2.05) is 0 Å². The Labute approximate surface area is 96.6 Å². The lowest BCUT2D eigenvalue weighted by molar-refractivity contribution is -0.139. The van der Waals surface area contributed by atoms with Crippen LogP contribution in [0.15, 0.2) is 12.1 Å². The third-order valence-corrected chi connectivity index (χ3v) is 1.86. The van der Waals surface area contributed by atoms with Gasteiger partial charge in [0.05, 0.1) is 18.2 Å². The van der Waals surface area contributed by atoms with E-state index in [9.17, 15) is 13.6 Å². The summed E-state index contributed by atoms with van der Waals surface area (Å²) in [5.41, 5.74) is -0.591. The number of carbonyl (C=O) groups excluding carboxylic acids is 1. The number of methoxy groups -OCH3 is 1. The van der Waals surface area contributed by atoms with Crippen molar-refractivity contribution in [3.63, 3.8) is 0 Å². The van der Waals surface area contributed by atoms with E-state index in [1.54, 1.807) is 0 Å². The summed E-state index contributed by atoms with van der Waals surface area (Å²) in [6.45, 7) is 0. The molecule has 0 bridgehead atoms. The zero-order valence-corrected chi connectivity index (χ0v) is 8.88. The van der Waals surface area contributed by atoms with Gasteiger partial charge in [-0.05, 0) is 12.1 Å². The van der Waals surface area contributed by atoms with Gasteiger partial charge in [-0.25, -0.2) is 8.78 Å². The summed E-state index contributed by atoms with van der Waals surface area (Å²) in [6, 6.07) is 3.09. The van der Waals surface area contributed by atoms with Crippen molar-refractivity contribution in [3.8, 4) is 17.9 Å². The van der Waals surface area contributed by atoms with Gasteiger partial charge in [0, 0.05) is 0 Å². The SMILES string of the molecule is COC(=O)CC#Cc1cc(F)c(C#N)cc1F. The van der Waals surface area contributed by atoms with Crippen molar-refractivity contribution in [3.05, 3.63) is 34.9 Å². The fourth-order valence-electron chi connectivity index (χ4n) is 1.01. The van der Waals surface area contributed by atoms with Crippen molar-refractivity contribution in [1.82, 2.24) is 0 Å². The van der Waals surface area contributed by atoms with Crippen LogP contribution in [0.2, 0.25) is 0 Å². The third-order valence-electron chi connectivity index (χ3n) is 1.86. The molecule has 0 saturated carbocycles. The highest BCUT2D eigenvalue weighted by molar-refractivity contribution is 5.72. The number of nitriles is 1. The molecule has 0 aliphatic rings. The molecule has 0 fully saturated rings. The van der Waals surface area contributed by atoms with Crippen LogP contribution in [0.5, 0.6) is 0 Å². The Morgan fingerprint density at radius 2 is 1.94 bits per heavy atom. The fourth-order valence-corrected chi connectivity index (χ4v) is 1.01. The van der Waals surface area contributed by atoms with Crippen molar-refractivity contribution in [1.29, 1.82) is 5.26 Å². The summed E-state index contributed by atoms with van der Waals surface area (Å²) in [6.07, 6.45) is -0.211. The predicted molar refractivity (Wildman–Crippen MR) is 54.6 cm³/mol. The highest BCUT2D eigenvalue weighted by Gasteiger charge is 2.07. The molecule has 0 radical (unpaired) electrons. The van der Waals surface area contributed by atoms with Crippen molar-refractivity contribution in [2.75, 3.05) is 7.11 Å². The van der Waals surface area contributed by atoms with Gasteiger partial charge >= 0.3 is 5.97 Å². The molecule has 0 aromatic heterocycles. The van der Waals surface area contributed by atoms with Crippen molar-refractivity contribution >= 4 is 5.97 Å². The zero-order chi connectivity index (χ0) is 12.8. The molecule has 5 heteroatoms. The molecule has 86 valence electrons. The summed E-state index contributed by atoms with van der Waals surface area (Å²) in [5.74, 6) is 2.42. The minimum Gasteiger partial charge on any atom is -0.468 e. The first-order chi connectivity index (χ1) is 8.08. The van der Waals surface area contributed by atoms with Crippen molar-refractivity contribution < 1.29 is 18.3 Å². The molecular weight excluding hydrogens is 228 g/mol. The summed E-state index contributed by atoms with van der Waals surface area (Å²) in [7, 11) is 1.20. The Balaban J connectivity index is 2.97. The normalized spacial score (nSPS) is 8.82. The number of halogens is 2. The standard InChI is InChI=1S/C12H7F2NO2/c1-17-12(16)4-2-3-8-5-11(14)9(7-15)6-10(8)13/h5-6H,4H2,1H3. The molecule has 0 aliphatic carbocycles. The molecule has 3 nitrogen and oxygen atoms in total. The lowest BCUT2D eigenvalue weighted by Crippen LogP contribution is -1.97. The van der Waals surface area contributed by atoms with Crippen LogP contribution in [-0.2, 0) is 9.53 Å². The molecule has 0 atom stereocenters. The van der Waals surface area contributed by atoms with Gasteiger partial charge < -0.3 is 4.74 Å². The second kappa shape index (κ2) is 5.62. The lowest BCUT2D eigenvalue weighted by Gasteiger charge is -1.97. The number of ether oxygens (including phenoxy) is 1. The van der Waals surface area contributed by atoms with Gasteiger partial charge in [0.2, 0.25) is 0 Å². The number of hydrogen-bond donors (Lipinski definition) is 0. The van der Waals surface area contributed by atoms with Crippen LogP contribution in [0.3, 0.4) is 0 Å². The van der Waals surface area contributed by atoms with Gasteiger partial charge in [-0.1, -0.05) is 11.8 Å². The number of nitrogens with zero attached hydrogens (tertiary/aromatic N) is 1. The van der Waals surface area contributed by atoms with E-state index in [0.29, 0.717) is 0 Å². The molecule has 17 heavy (non-hydrogen) atoms. The maximum Gasteiger partial charge on any atom is 0.317 e. The van der Waals surface area contributed by atoms with Crippen LogP contribution in [0, 0.1) is 34.8 Å². The van der Waals surface area contributed by atoms with E-state index >= 15 is 0 Å². The molecule has 1 aromatic carbocycles. The number of rotatable bonds is 1. The summed E-state index contributed by atoms with van der Waals surface area (Å²) in [4.78, 5) is 10.7. The van der Waals surface area contributed by atoms with Crippen LogP contribution in [0.4, 0.5) is 8.78 Å². The lowest BCUT2D eigenvalue weighted by atomic mass is 10.1. The van der Waals surface area contributed by atoms with Gasteiger partial charge in [-0.3, -0.25) is 4.79 Å². The third kappa shape index (κ3) is 3.29. The highest BCUT2D eigenvalue weighted by atomic mass is 19.1. The second-order valence-corrected chi connectivity index (χ2v) is 2.98. The Morgan fingerprint density at radius 3 is 2.53 bits per heavy atom. The smallest absolute Gasteiger partial charge is 0.317 e. The molecule has 0 unspecified atom stereocenters. The monoisotopic (exact) mass is 235 g/mol. The molecule has 1 aromatic rings. The van der Waals surface area contributed by atoms with Gasteiger partial charge in [-0.2, -0.15) is 5.26 Å². The summed E-state index contributed by atoms with van der Waals surface area (Å²) >= 11 is 0. The average Bonchev–Trinajstić information content (AvgIpc) is 2.32. The molecule has 1 rings (SSSR count). The first-order valence-electron chi connectivity index (χ1n) is 4.53. The van der Waals surface area contributed by atoms with Gasteiger partial charge in [0.25, 0.3) is 0 Å². The first-order valence-corrected chi connectivity index (χ1v) is 4.53. The number of hydrogen-bond acceptors (Lipinski definition) is 3. The van der Waals surface area contributed by atoms with Gasteiger partial charge in [0.1, 0.15) is 24.1 Å². The highest BCUT2D eigenvalue weighted by Crippen LogP contribution is 2.13. The molecule has 0 aliphatic heterocycles. The number of carbonyl (C=O) groups is 1. The van der Waals surface area contributed by atoms with Crippen LogP contribution in [0.25, 0.3) is 0 Å². The molecule has 0 heterocycles. The molecule has 0 N–H and O–H groups in total. The van der Waals surface area contributed by atoms with E-state index in [4.69, 9.17) is 5.26 Å². The minimum absolute atomic E-state index is 0.203. The van der Waals surface area contributed by atoms with E-state index in [1.165, 1.54) is 13.2 Å². The maximum atomic E-state index is 13.3. The van der Waals surface area contributed by atoms with Crippen molar-refractivity contribution in [2.24, 2.45) is 0 Å².